The molecule has 5 nitrogen and oxygen atoms in total. The maximum Gasteiger partial charge on any atom is 0.312 e. The molecular formula is C11H12BrN3O2. The molecule has 0 bridgehead atoms. The number of hydrogen-bond acceptors (Lipinski definition) is 4. The number of hydrogen-bond donors (Lipinski definition) is 1. The first-order chi connectivity index (χ1) is 8.16. The molecule has 1 aliphatic carbocycles. The normalized spacial score (nSPS) is 19.0. The summed E-state index contributed by atoms with van der Waals surface area (Å²) in [7, 11) is 0. The van der Waals surface area contributed by atoms with Crippen molar-refractivity contribution in [3.05, 3.63) is 39.0 Å². The van der Waals surface area contributed by atoms with Crippen molar-refractivity contribution in [1.29, 1.82) is 0 Å². The van der Waals surface area contributed by atoms with Crippen LogP contribution in [0.5, 0.6) is 0 Å². The summed E-state index contributed by atoms with van der Waals surface area (Å²) in [6, 6.07) is 1.70. The largest absolute Gasteiger partial charge is 0.361 e. The van der Waals surface area contributed by atoms with Gasteiger partial charge >= 0.3 is 5.69 Å². The molecule has 0 radical (unpaired) electrons. The van der Waals surface area contributed by atoms with E-state index in [-0.39, 0.29) is 11.7 Å². The van der Waals surface area contributed by atoms with Gasteiger partial charge in [0.2, 0.25) is 5.82 Å². The Labute approximate surface area is 107 Å². The summed E-state index contributed by atoms with van der Waals surface area (Å²) in [5.41, 5.74) is 0.00827. The van der Waals surface area contributed by atoms with Crippen LogP contribution in [0.3, 0.4) is 0 Å². The van der Waals surface area contributed by atoms with Crippen LogP contribution in [-0.2, 0) is 0 Å². The number of rotatable bonds is 3. The molecule has 1 aliphatic rings. The van der Waals surface area contributed by atoms with Gasteiger partial charge in [0.15, 0.2) is 0 Å². The molecule has 0 saturated carbocycles. The molecule has 0 spiro atoms. The topological polar surface area (TPSA) is 68.1 Å². The molecule has 1 aromatic rings. The van der Waals surface area contributed by atoms with E-state index in [0.29, 0.717) is 10.3 Å². The fourth-order valence-corrected chi connectivity index (χ4v) is 2.12. The maximum atomic E-state index is 10.9. The number of nitro groups is 1. The van der Waals surface area contributed by atoms with Crippen molar-refractivity contribution < 1.29 is 4.92 Å². The van der Waals surface area contributed by atoms with Gasteiger partial charge in [-0.25, -0.2) is 4.98 Å². The van der Waals surface area contributed by atoms with Crippen LogP contribution in [0.2, 0.25) is 0 Å². The van der Waals surface area contributed by atoms with Crippen molar-refractivity contribution in [2.75, 3.05) is 5.32 Å². The van der Waals surface area contributed by atoms with Gasteiger partial charge in [0.1, 0.15) is 0 Å². The van der Waals surface area contributed by atoms with E-state index in [1.54, 1.807) is 6.20 Å². The molecule has 0 fully saturated rings. The molecule has 1 N–H and O–H groups in total. The van der Waals surface area contributed by atoms with Crippen molar-refractivity contribution >= 4 is 27.4 Å². The quantitative estimate of drug-likeness (QED) is 0.528. The highest BCUT2D eigenvalue weighted by atomic mass is 79.9. The monoisotopic (exact) mass is 297 g/mol. The van der Waals surface area contributed by atoms with Crippen molar-refractivity contribution in [1.82, 2.24) is 4.98 Å². The van der Waals surface area contributed by atoms with Crippen LogP contribution in [0.15, 0.2) is 28.9 Å². The summed E-state index contributed by atoms with van der Waals surface area (Å²) in [5, 5.41) is 14.0. The van der Waals surface area contributed by atoms with Gasteiger partial charge < -0.3 is 5.32 Å². The van der Waals surface area contributed by atoms with Gasteiger partial charge in [-0.05, 0) is 35.2 Å². The Balaban J connectivity index is 2.19. The molecule has 0 amide bonds. The molecule has 1 unspecified atom stereocenters. The maximum absolute atomic E-state index is 10.9. The first-order valence-corrected chi connectivity index (χ1v) is 6.17. The number of anilines is 1. The third kappa shape index (κ3) is 3.03. The van der Waals surface area contributed by atoms with Gasteiger partial charge in [0.25, 0.3) is 0 Å². The standard InChI is InChI=1S/C11H12BrN3O2/c12-8-6-10(15(16)17)11(13-7-8)14-9-4-2-1-3-5-9/h1-2,6-7,9H,3-5H2,(H,13,14). The zero-order valence-corrected chi connectivity index (χ0v) is 10.7. The van der Waals surface area contributed by atoms with Gasteiger partial charge in [0, 0.05) is 22.8 Å². The highest BCUT2D eigenvalue weighted by Gasteiger charge is 2.19. The summed E-state index contributed by atoms with van der Waals surface area (Å²) in [5.74, 6) is 0.346. The lowest BCUT2D eigenvalue weighted by Gasteiger charge is -2.19. The Morgan fingerprint density at radius 1 is 1.53 bits per heavy atom. The molecule has 0 aromatic carbocycles. The van der Waals surface area contributed by atoms with Crippen LogP contribution in [0.1, 0.15) is 19.3 Å². The summed E-state index contributed by atoms with van der Waals surface area (Å²) < 4.78 is 0.610. The minimum absolute atomic E-state index is 0.00827. The lowest BCUT2D eigenvalue weighted by atomic mass is 10.0. The SMILES string of the molecule is O=[N+]([O-])c1cc(Br)cnc1NC1CC=CCC1. The minimum Gasteiger partial charge on any atom is -0.361 e. The van der Waals surface area contributed by atoms with Crippen molar-refractivity contribution in [3.8, 4) is 0 Å². The first-order valence-electron chi connectivity index (χ1n) is 5.38. The van der Waals surface area contributed by atoms with Crippen LogP contribution < -0.4 is 5.32 Å². The number of aromatic nitrogens is 1. The van der Waals surface area contributed by atoms with Crippen LogP contribution >= 0.6 is 15.9 Å². The number of nitrogens with one attached hydrogen (secondary N) is 1. The molecule has 1 aromatic heterocycles. The second-order valence-electron chi connectivity index (χ2n) is 3.90. The van der Waals surface area contributed by atoms with E-state index in [1.165, 1.54) is 6.07 Å². The number of allylic oxidation sites excluding steroid dienone is 1. The Bertz CT molecular complexity index is 462. The third-order valence-corrected chi connectivity index (χ3v) is 3.07. The van der Waals surface area contributed by atoms with Crippen LogP contribution in [0.25, 0.3) is 0 Å². The average Bonchev–Trinajstić information content (AvgIpc) is 2.32. The number of halogens is 1. The molecule has 2 rings (SSSR count). The molecule has 90 valence electrons. The lowest BCUT2D eigenvalue weighted by Crippen LogP contribution is -2.21. The Hall–Kier alpha value is -1.43. The van der Waals surface area contributed by atoms with E-state index >= 15 is 0 Å². The number of pyridine rings is 1. The van der Waals surface area contributed by atoms with Gasteiger partial charge in [-0.15, -0.1) is 0 Å². The first kappa shape index (κ1) is 12.0. The van der Waals surface area contributed by atoms with Crippen LogP contribution in [0.4, 0.5) is 11.5 Å². The molecular weight excluding hydrogens is 286 g/mol. The summed E-state index contributed by atoms with van der Waals surface area (Å²) in [6.07, 6.45) is 8.64. The van der Waals surface area contributed by atoms with Crippen molar-refractivity contribution in [2.45, 2.75) is 25.3 Å². The van der Waals surface area contributed by atoms with Gasteiger partial charge in [-0.3, -0.25) is 10.1 Å². The van der Waals surface area contributed by atoms with E-state index < -0.39 is 4.92 Å². The summed E-state index contributed by atoms with van der Waals surface area (Å²) in [6.45, 7) is 0. The Kier molecular flexibility index (Phi) is 3.73. The molecule has 17 heavy (non-hydrogen) atoms. The van der Waals surface area contributed by atoms with Crippen LogP contribution in [-0.4, -0.2) is 15.9 Å². The van der Waals surface area contributed by atoms with E-state index in [1.807, 2.05) is 0 Å². The minimum atomic E-state index is -0.418. The Morgan fingerprint density at radius 2 is 2.35 bits per heavy atom. The lowest BCUT2D eigenvalue weighted by molar-refractivity contribution is -0.384. The Morgan fingerprint density at radius 3 is 3.00 bits per heavy atom. The summed E-state index contributed by atoms with van der Waals surface area (Å²) >= 11 is 3.18. The molecule has 0 saturated heterocycles. The van der Waals surface area contributed by atoms with Gasteiger partial charge in [0.05, 0.1) is 4.92 Å². The highest BCUT2D eigenvalue weighted by molar-refractivity contribution is 9.10. The van der Waals surface area contributed by atoms with E-state index in [4.69, 9.17) is 0 Å². The molecule has 1 atom stereocenters. The molecule has 1 heterocycles. The second-order valence-corrected chi connectivity index (χ2v) is 4.82. The van der Waals surface area contributed by atoms with Gasteiger partial charge in [-0.1, -0.05) is 12.2 Å². The predicted octanol–water partition coefficient (Wildman–Crippen LogP) is 3.27. The summed E-state index contributed by atoms with van der Waals surface area (Å²) in [4.78, 5) is 14.6. The van der Waals surface area contributed by atoms with E-state index in [9.17, 15) is 10.1 Å². The van der Waals surface area contributed by atoms with E-state index in [0.717, 1.165) is 19.3 Å². The fraction of sp³-hybridized carbons (Fsp3) is 0.364. The number of nitrogens with zero attached hydrogens (tertiary/aromatic N) is 2. The zero-order chi connectivity index (χ0) is 12.3. The zero-order valence-electron chi connectivity index (χ0n) is 9.10. The average molecular weight is 298 g/mol. The predicted molar refractivity (Wildman–Crippen MR) is 69.0 cm³/mol. The molecule has 6 heteroatoms. The van der Waals surface area contributed by atoms with Crippen LogP contribution in [0, 0.1) is 10.1 Å². The van der Waals surface area contributed by atoms with E-state index in [2.05, 4.69) is 38.4 Å². The van der Waals surface area contributed by atoms with Crippen molar-refractivity contribution in [2.24, 2.45) is 0 Å². The van der Waals surface area contributed by atoms with Crippen molar-refractivity contribution in [3.63, 3.8) is 0 Å². The smallest absolute Gasteiger partial charge is 0.312 e. The second kappa shape index (κ2) is 5.27. The van der Waals surface area contributed by atoms with Gasteiger partial charge in [-0.2, -0.15) is 0 Å². The highest BCUT2D eigenvalue weighted by Crippen LogP contribution is 2.27. The third-order valence-electron chi connectivity index (χ3n) is 2.64. The molecule has 0 aliphatic heterocycles. The fourth-order valence-electron chi connectivity index (χ4n) is 1.80.